The second-order valence-corrected chi connectivity index (χ2v) is 6.36. The van der Waals surface area contributed by atoms with E-state index in [1.165, 1.54) is 16.3 Å². The summed E-state index contributed by atoms with van der Waals surface area (Å²) in [6, 6.07) is 10.2. The molecule has 0 aliphatic carbocycles. The van der Waals surface area contributed by atoms with E-state index in [1.807, 2.05) is 18.2 Å². The van der Waals surface area contributed by atoms with Crippen LogP contribution >= 0.6 is 0 Å². The summed E-state index contributed by atoms with van der Waals surface area (Å²) in [5.41, 5.74) is 3.14. The molecular formula is C19H20N4O3. The largest absolute Gasteiger partial charge is 0.462 e. The summed E-state index contributed by atoms with van der Waals surface area (Å²) in [4.78, 5) is 31.8. The van der Waals surface area contributed by atoms with E-state index in [1.54, 1.807) is 6.92 Å². The Hall–Kier alpha value is -2.93. The number of carbonyl (C=O) groups excluding carboxylic acids is 1. The number of hydrogen-bond acceptors (Lipinski definition) is 5. The fourth-order valence-electron chi connectivity index (χ4n) is 3.36. The zero-order valence-electron chi connectivity index (χ0n) is 14.6. The number of benzene rings is 1. The average molecular weight is 352 g/mol. The van der Waals surface area contributed by atoms with Gasteiger partial charge in [0.05, 0.1) is 17.9 Å². The van der Waals surface area contributed by atoms with Gasteiger partial charge >= 0.3 is 5.97 Å². The van der Waals surface area contributed by atoms with E-state index < -0.39 is 5.97 Å². The summed E-state index contributed by atoms with van der Waals surface area (Å²) in [5, 5.41) is 2.83. The van der Waals surface area contributed by atoms with Crippen LogP contribution in [0.3, 0.4) is 0 Å². The number of rotatable bonds is 4. The lowest BCUT2D eigenvalue weighted by Gasteiger charge is -2.27. The third-order valence-corrected chi connectivity index (χ3v) is 4.63. The Labute approximate surface area is 150 Å². The number of nitrogens with one attached hydrogen (secondary N) is 1. The molecule has 0 unspecified atom stereocenters. The highest BCUT2D eigenvalue weighted by Gasteiger charge is 2.24. The molecule has 0 bridgehead atoms. The van der Waals surface area contributed by atoms with Gasteiger partial charge in [0.1, 0.15) is 5.56 Å². The molecule has 0 atom stereocenters. The van der Waals surface area contributed by atoms with Crippen molar-refractivity contribution >= 4 is 11.6 Å². The van der Waals surface area contributed by atoms with Crippen molar-refractivity contribution in [3.05, 3.63) is 69.3 Å². The van der Waals surface area contributed by atoms with Gasteiger partial charge in [0.15, 0.2) is 5.65 Å². The SMILES string of the molecule is CCOC(=O)c1c[nH]n2c(=O)c3c(nc12)CCN(Cc1ccccc1)C3. The first-order chi connectivity index (χ1) is 12.7. The molecular weight excluding hydrogens is 332 g/mol. The first-order valence-electron chi connectivity index (χ1n) is 8.72. The molecule has 1 aromatic carbocycles. The molecule has 1 aliphatic heterocycles. The lowest BCUT2D eigenvalue weighted by atomic mass is 10.1. The quantitative estimate of drug-likeness (QED) is 0.724. The zero-order chi connectivity index (χ0) is 18.1. The Morgan fingerprint density at radius 2 is 2.12 bits per heavy atom. The van der Waals surface area contributed by atoms with E-state index in [4.69, 9.17) is 4.74 Å². The monoisotopic (exact) mass is 352 g/mol. The molecule has 4 rings (SSSR count). The summed E-state index contributed by atoms with van der Waals surface area (Å²) in [6.07, 6.45) is 2.16. The van der Waals surface area contributed by atoms with Gasteiger partial charge in [-0.05, 0) is 12.5 Å². The maximum absolute atomic E-state index is 12.9. The van der Waals surface area contributed by atoms with Gasteiger partial charge in [-0.1, -0.05) is 30.3 Å². The van der Waals surface area contributed by atoms with Gasteiger partial charge in [0.2, 0.25) is 0 Å². The van der Waals surface area contributed by atoms with Gasteiger partial charge in [-0.2, -0.15) is 0 Å². The normalized spacial score (nSPS) is 14.3. The number of ether oxygens (including phenoxy) is 1. The zero-order valence-corrected chi connectivity index (χ0v) is 14.6. The molecule has 3 aromatic rings. The van der Waals surface area contributed by atoms with Crippen LogP contribution in [-0.4, -0.2) is 38.6 Å². The van der Waals surface area contributed by atoms with Gasteiger partial charge in [-0.15, -0.1) is 0 Å². The fourth-order valence-corrected chi connectivity index (χ4v) is 3.36. The highest BCUT2D eigenvalue weighted by molar-refractivity contribution is 5.95. The highest BCUT2D eigenvalue weighted by Crippen LogP contribution is 2.18. The Morgan fingerprint density at radius 1 is 1.31 bits per heavy atom. The maximum Gasteiger partial charge on any atom is 0.343 e. The van der Waals surface area contributed by atoms with Crippen molar-refractivity contribution in [1.82, 2.24) is 19.5 Å². The van der Waals surface area contributed by atoms with Crippen LogP contribution in [-0.2, 0) is 24.2 Å². The van der Waals surface area contributed by atoms with Gasteiger partial charge in [-0.3, -0.25) is 14.8 Å². The number of aromatic nitrogens is 3. The molecule has 7 heteroatoms. The molecule has 0 spiro atoms. The van der Waals surface area contributed by atoms with E-state index in [0.717, 1.165) is 18.8 Å². The first kappa shape index (κ1) is 16.5. The number of fused-ring (bicyclic) bond motifs is 2. The van der Waals surface area contributed by atoms with Crippen molar-refractivity contribution in [2.45, 2.75) is 26.4 Å². The number of carbonyl (C=O) groups is 1. The molecule has 0 saturated carbocycles. The molecule has 0 amide bonds. The minimum atomic E-state index is -0.473. The van der Waals surface area contributed by atoms with Crippen molar-refractivity contribution in [2.24, 2.45) is 0 Å². The Bertz CT molecular complexity index is 1010. The van der Waals surface area contributed by atoms with Crippen molar-refractivity contribution in [1.29, 1.82) is 0 Å². The Morgan fingerprint density at radius 3 is 2.88 bits per heavy atom. The minimum Gasteiger partial charge on any atom is -0.462 e. The van der Waals surface area contributed by atoms with E-state index in [0.29, 0.717) is 29.7 Å². The second-order valence-electron chi connectivity index (χ2n) is 6.36. The number of H-pyrrole nitrogens is 1. The van der Waals surface area contributed by atoms with Crippen molar-refractivity contribution in [2.75, 3.05) is 13.2 Å². The van der Waals surface area contributed by atoms with Crippen molar-refractivity contribution in [3.63, 3.8) is 0 Å². The van der Waals surface area contributed by atoms with Crippen LogP contribution in [0, 0.1) is 0 Å². The standard InChI is InChI=1S/C19H20N4O3/c1-2-26-19(25)14-10-20-23-17(14)21-16-8-9-22(12-15(16)18(23)24)11-13-6-4-3-5-7-13/h3-7,10,20H,2,8-9,11-12H2,1H3. The van der Waals surface area contributed by atoms with E-state index >= 15 is 0 Å². The van der Waals surface area contributed by atoms with Gasteiger partial charge in [0.25, 0.3) is 5.56 Å². The Balaban J connectivity index is 1.66. The summed E-state index contributed by atoms with van der Waals surface area (Å²) in [7, 11) is 0. The van der Waals surface area contributed by atoms with Crippen LogP contribution in [0.1, 0.15) is 34.1 Å². The van der Waals surface area contributed by atoms with Crippen LogP contribution in [0.2, 0.25) is 0 Å². The third-order valence-electron chi connectivity index (χ3n) is 4.63. The summed E-state index contributed by atoms with van der Waals surface area (Å²) >= 11 is 0. The van der Waals surface area contributed by atoms with Crippen molar-refractivity contribution < 1.29 is 9.53 Å². The number of esters is 1. The number of hydrogen-bond donors (Lipinski definition) is 1. The molecule has 2 aromatic heterocycles. The smallest absolute Gasteiger partial charge is 0.343 e. The maximum atomic E-state index is 12.9. The van der Waals surface area contributed by atoms with Crippen LogP contribution < -0.4 is 5.56 Å². The summed E-state index contributed by atoms with van der Waals surface area (Å²) in [6.45, 7) is 4.19. The summed E-state index contributed by atoms with van der Waals surface area (Å²) < 4.78 is 6.37. The molecule has 1 N–H and O–H groups in total. The second kappa shape index (κ2) is 6.76. The predicted octanol–water partition coefficient (Wildman–Crippen LogP) is 1.76. The molecule has 1 aliphatic rings. The molecule has 0 radical (unpaired) electrons. The van der Waals surface area contributed by atoms with E-state index in [-0.39, 0.29) is 12.2 Å². The van der Waals surface area contributed by atoms with Gasteiger partial charge < -0.3 is 4.74 Å². The third kappa shape index (κ3) is 2.90. The molecule has 0 saturated heterocycles. The highest BCUT2D eigenvalue weighted by atomic mass is 16.5. The first-order valence-corrected chi connectivity index (χ1v) is 8.72. The summed E-state index contributed by atoms with van der Waals surface area (Å²) in [5.74, 6) is -0.473. The van der Waals surface area contributed by atoms with Gasteiger partial charge in [0, 0.05) is 32.3 Å². The Kier molecular flexibility index (Phi) is 4.30. The topological polar surface area (TPSA) is 79.7 Å². The fraction of sp³-hybridized carbons (Fsp3) is 0.316. The van der Waals surface area contributed by atoms with Crippen LogP contribution in [0.4, 0.5) is 0 Å². The number of nitrogens with zero attached hydrogens (tertiary/aromatic N) is 3. The lowest BCUT2D eigenvalue weighted by Crippen LogP contribution is -2.36. The van der Waals surface area contributed by atoms with Gasteiger partial charge in [-0.25, -0.2) is 14.3 Å². The average Bonchev–Trinajstić information content (AvgIpc) is 3.08. The molecule has 3 heterocycles. The molecule has 134 valence electrons. The van der Waals surface area contributed by atoms with E-state index in [9.17, 15) is 9.59 Å². The predicted molar refractivity (Wildman–Crippen MR) is 96.0 cm³/mol. The molecule has 26 heavy (non-hydrogen) atoms. The van der Waals surface area contributed by atoms with Crippen LogP contribution in [0.5, 0.6) is 0 Å². The van der Waals surface area contributed by atoms with E-state index in [2.05, 4.69) is 27.1 Å². The van der Waals surface area contributed by atoms with Crippen LogP contribution in [0.15, 0.2) is 41.3 Å². The minimum absolute atomic E-state index is 0.154. The van der Waals surface area contributed by atoms with Crippen molar-refractivity contribution in [3.8, 4) is 0 Å². The number of aromatic amines is 1. The lowest BCUT2D eigenvalue weighted by molar-refractivity contribution is 0.0528. The van der Waals surface area contributed by atoms with Crippen LogP contribution in [0.25, 0.3) is 5.65 Å². The molecule has 7 nitrogen and oxygen atoms in total. The molecule has 0 fully saturated rings.